The summed E-state index contributed by atoms with van der Waals surface area (Å²) in [4.78, 5) is 3.90. The first-order valence-corrected chi connectivity index (χ1v) is 4.90. The molecule has 1 aromatic rings. The molecule has 13 heavy (non-hydrogen) atoms. The molecular formula is C10H7BrN2. The maximum Gasteiger partial charge on any atom is 0.156 e. The second kappa shape index (κ2) is 5.35. The highest BCUT2D eigenvalue weighted by Gasteiger charge is 1.96. The summed E-state index contributed by atoms with van der Waals surface area (Å²) in [6, 6.07) is 5.57. The Bertz CT molecular complexity index is 382. The van der Waals surface area contributed by atoms with Gasteiger partial charge in [0.05, 0.1) is 5.56 Å². The molecule has 1 aromatic heterocycles. The van der Waals surface area contributed by atoms with Gasteiger partial charge < -0.3 is 0 Å². The van der Waals surface area contributed by atoms with Crippen LogP contribution in [0.5, 0.6) is 0 Å². The van der Waals surface area contributed by atoms with Crippen molar-refractivity contribution in [2.45, 2.75) is 6.42 Å². The quantitative estimate of drug-likeness (QED) is 0.552. The summed E-state index contributed by atoms with van der Waals surface area (Å²) in [5.74, 6) is 5.84. The van der Waals surface area contributed by atoms with Crippen molar-refractivity contribution in [3.8, 4) is 17.9 Å². The maximum absolute atomic E-state index is 8.69. The number of nitrogens with zero attached hydrogens (tertiary/aromatic N) is 2. The Morgan fingerprint density at radius 3 is 3.08 bits per heavy atom. The van der Waals surface area contributed by atoms with Crippen molar-refractivity contribution in [3.63, 3.8) is 0 Å². The maximum atomic E-state index is 8.69. The second-order valence-electron chi connectivity index (χ2n) is 2.25. The zero-order valence-corrected chi connectivity index (χ0v) is 8.50. The second-order valence-corrected chi connectivity index (χ2v) is 3.05. The molecule has 1 rings (SSSR count). The third kappa shape index (κ3) is 2.89. The predicted octanol–water partition coefficient (Wildman–Crippen LogP) is 2.09. The number of alkyl halides is 1. The molecule has 64 valence electrons. The van der Waals surface area contributed by atoms with E-state index in [1.54, 1.807) is 18.3 Å². The highest BCUT2D eigenvalue weighted by Crippen LogP contribution is 2.01. The van der Waals surface area contributed by atoms with Gasteiger partial charge in [0.1, 0.15) is 6.07 Å². The van der Waals surface area contributed by atoms with Gasteiger partial charge in [-0.3, -0.25) is 0 Å². The van der Waals surface area contributed by atoms with Gasteiger partial charge in [0.15, 0.2) is 5.69 Å². The Balaban J connectivity index is 2.91. The average molecular weight is 235 g/mol. The van der Waals surface area contributed by atoms with Crippen molar-refractivity contribution in [2.75, 3.05) is 5.33 Å². The SMILES string of the molecule is N#Cc1ncccc1C#CCCBr. The first kappa shape index (κ1) is 9.77. The molecule has 1 heterocycles. The van der Waals surface area contributed by atoms with E-state index < -0.39 is 0 Å². The zero-order valence-electron chi connectivity index (χ0n) is 6.92. The lowest BCUT2D eigenvalue weighted by atomic mass is 10.2. The van der Waals surface area contributed by atoms with E-state index in [1.807, 2.05) is 6.07 Å². The molecule has 0 atom stereocenters. The Morgan fingerprint density at radius 2 is 2.38 bits per heavy atom. The number of halogens is 1. The van der Waals surface area contributed by atoms with Crippen LogP contribution in [0.2, 0.25) is 0 Å². The Kier molecular flexibility index (Phi) is 4.02. The minimum absolute atomic E-state index is 0.393. The molecule has 0 saturated heterocycles. The van der Waals surface area contributed by atoms with Gasteiger partial charge in [-0.25, -0.2) is 4.98 Å². The summed E-state index contributed by atoms with van der Waals surface area (Å²) >= 11 is 3.28. The minimum atomic E-state index is 0.393. The first-order chi connectivity index (χ1) is 6.38. The van der Waals surface area contributed by atoms with Crippen molar-refractivity contribution in [1.29, 1.82) is 5.26 Å². The van der Waals surface area contributed by atoms with Crippen molar-refractivity contribution < 1.29 is 0 Å². The van der Waals surface area contributed by atoms with Crippen LogP contribution in [0, 0.1) is 23.2 Å². The summed E-state index contributed by atoms with van der Waals surface area (Å²) < 4.78 is 0. The van der Waals surface area contributed by atoms with Gasteiger partial charge in [0.2, 0.25) is 0 Å². The van der Waals surface area contributed by atoms with Crippen LogP contribution in [0.25, 0.3) is 0 Å². The van der Waals surface area contributed by atoms with Gasteiger partial charge in [-0.05, 0) is 12.1 Å². The molecule has 0 aliphatic heterocycles. The molecule has 0 amide bonds. The molecule has 0 aliphatic rings. The molecule has 0 bridgehead atoms. The Labute approximate surface area is 85.7 Å². The third-order valence-corrected chi connectivity index (χ3v) is 1.75. The molecule has 0 radical (unpaired) electrons. The van der Waals surface area contributed by atoms with E-state index in [9.17, 15) is 0 Å². The standard InChI is InChI=1S/C10H7BrN2/c11-6-2-1-4-9-5-3-7-13-10(9)8-12/h3,5,7H,2,6H2. The lowest BCUT2D eigenvalue weighted by Gasteiger charge is -1.90. The largest absolute Gasteiger partial charge is 0.244 e. The van der Waals surface area contributed by atoms with Gasteiger partial charge in [0.25, 0.3) is 0 Å². The van der Waals surface area contributed by atoms with Crippen LogP contribution in [0.15, 0.2) is 18.3 Å². The van der Waals surface area contributed by atoms with Gasteiger partial charge in [-0.2, -0.15) is 5.26 Å². The van der Waals surface area contributed by atoms with Crippen LogP contribution in [-0.4, -0.2) is 10.3 Å². The van der Waals surface area contributed by atoms with Crippen LogP contribution in [0.1, 0.15) is 17.7 Å². The zero-order chi connectivity index (χ0) is 9.52. The van der Waals surface area contributed by atoms with Crippen LogP contribution >= 0.6 is 15.9 Å². The first-order valence-electron chi connectivity index (χ1n) is 3.78. The van der Waals surface area contributed by atoms with E-state index in [0.717, 1.165) is 11.8 Å². The average Bonchev–Trinajstić information content (AvgIpc) is 2.19. The fourth-order valence-electron chi connectivity index (χ4n) is 0.800. The monoisotopic (exact) mass is 234 g/mol. The third-order valence-electron chi connectivity index (χ3n) is 1.36. The van der Waals surface area contributed by atoms with Crippen molar-refractivity contribution >= 4 is 15.9 Å². The fourth-order valence-corrected chi connectivity index (χ4v) is 0.998. The van der Waals surface area contributed by atoms with E-state index in [0.29, 0.717) is 11.3 Å². The van der Waals surface area contributed by atoms with E-state index in [2.05, 4.69) is 32.8 Å². The number of aromatic nitrogens is 1. The number of hydrogen-bond acceptors (Lipinski definition) is 2. The van der Waals surface area contributed by atoms with Crippen LogP contribution in [-0.2, 0) is 0 Å². The van der Waals surface area contributed by atoms with E-state index in [-0.39, 0.29) is 0 Å². The molecule has 0 unspecified atom stereocenters. The smallest absolute Gasteiger partial charge is 0.156 e. The molecular weight excluding hydrogens is 228 g/mol. The molecule has 0 fully saturated rings. The molecule has 0 N–H and O–H groups in total. The number of nitriles is 1. The summed E-state index contributed by atoms with van der Waals surface area (Å²) in [6.45, 7) is 0. The lowest BCUT2D eigenvalue weighted by Crippen LogP contribution is -1.86. The number of rotatable bonds is 1. The molecule has 0 aliphatic carbocycles. The number of pyridine rings is 1. The van der Waals surface area contributed by atoms with Crippen molar-refractivity contribution in [1.82, 2.24) is 4.98 Å². The summed E-state index contributed by atoms with van der Waals surface area (Å²) in [7, 11) is 0. The molecule has 2 nitrogen and oxygen atoms in total. The van der Waals surface area contributed by atoms with Gasteiger partial charge >= 0.3 is 0 Å². The highest BCUT2D eigenvalue weighted by molar-refractivity contribution is 9.09. The van der Waals surface area contributed by atoms with Gasteiger partial charge in [-0.15, -0.1) is 0 Å². The normalized spacial score (nSPS) is 8.31. The Hall–Kier alpha value is -1.32. The number of hydrogen-bond donors (Lipinski definition) is 0. The van der Waals surface area contributed by atoms with Crippen molar-refractivity contribution in [2.24, 2.45) is 0 Å². The van der Waals surface area contributed by atoms with Gasteiger partial charge in [-0.1, -0.05) is 27.8 Å². The van der Waals surface area contributed by atoms with Crippen LogP contribution in [0.3, 0.4) is 0 Å². The molecule has 3 heteroatoms. The predicted molar refractivity (Wildman–Crippen MR) is 54.2 cm³/mol. The van der Waals surface area contributed by atoms with Crippen LogP contribution in [0.4, 0.5) is 0 Å². The Morgan fingerprint density at radius 1 is 1.54 bits per heavy atom. The fraction of sp³-hybridized carbons (Fsp3) is 0.200. The topological polar surface area (TPSA) is 36.7 Å². The highest BCUT2D eigenvalue weighted by atomic mass is 79.9. The van der Waals surface area contributed by atoms with Crippen molar-refractivity contribution in [3.05, 3.63) is 29.6 Å². The van der Waals surface area contributed by atoms with E-state index in [1.165, 1.54) is 0 Å². The summed E-state index contributed by atoms with van der Waals surface area (Å²) in [5, 5.41) is 9.53. The molecule has 0 aromatic carbocycles. The minimum Gasteiger partial charge on any atom is -0.244 e. The van der Waals surface area contributed by atoms with E-state index >= 15 is 0 Å². The summed E-state index contributed by atoms with van der Waals surface area (Å²) in [5.41, 5.74) is 1.09. The lowest BCUT2D eigenvalue weighted by molar-refractivity contribution is 1.25. The summed E-state index contributed by atoms with van der Waals surface area (Å²) in [6.07, 6.45) is 2.37. The van der Waals surface area contributed by atoms with Gasteiger partial charge in [0, 0.05) is 17.9 Å². The molecule has 0 saturated carbocycles. The van der Waals surface area contributed by atoms with Crippen LogP contribution < -0.4 is 0 Å². The van der Waals surface area contributed by atoms with E-state index in [4.69, 9.17) is 5.26 Å². The molecule has 0 spiro atoms.